The standard InChI is InChI=1S/C19H23N5O3S/c25-17-13-24-16(20-18(22-24)14-6-7-14)12-19(21-17)8-10-23(11-9-19)28(26,27)15-4-2-1-3-5-15/h1-5,14H,6-13H2,(H,21,25). The van der Waals surface area contributed by atoms with Crippen LogP contribution in [-0.4, -0.2) is 52.0 Å². The van der Waals surface area contributed by atoms with E-state index >= 15 is 0 Å². The summed E-state index contributed by atoms with van der Waals surface area (Å²) in [5.41, 5.74) is -0.456. The first-order valence-corrected chi connectivity index (χ1v) is 11.2. The lowest BCUT2D eigenvalue weighted by molar-refractivity contribution is -0.123. The van der Waals surface area contributed by atoms with Gasteiger partial charge < -0.3 is 5.32 Å². The highest BCUT2D eigenvalue weighted by Crippen LogP contribution is 2.39. The summed E-state index contributed by atoms with van der Waals surface area (Å²) in [5, 5.41) is 7.68. The number of fused-ring (bicyclic) bond motifs is 1. The second kappa shape index (κ2) is 6.38. The molecule has 1 spiro atoms. The van der Waals surface area contributed by atoms with Crippen LogP contribution in [0.15, 0.2) is 35.2 Å². The number of benzene rings is 1. The summed E-state index contributed by atoms with van der Waals surface area (Å²) in [5.74, 6) is 2.05. The zero-order valence-electron chi connectivity index (χ0n) is 15.5. The molecule has 1 aromatic heterocycles. The van der Waals surface area contributed by atoms with Gasteiger partial charge in [0.1, 0.15) is 12.4 Å². The molecule has 1 saturated heterocycles. The monoisotopic (exact) mass is 401 g/mol. The molecule has 2 aliphatic heterocycles. The molecule has 1 amide bonds. The van der Waals surface area contributed by atoms with Crippen LogP contribution in [0.25, 0.3) is 0 Å². The summed E-state index contributed by atoms with van der Waals surface area (Å²) >= 11 is 0. The molecule has 9 heteroatoms. The van der Waals surface area contributed by atoms with E-state index in [1.54, 1.807) is 35.0 Å². The number of hydrogen-bond donors (Lipinski definition) is 1. The van der Waals surface area contributed by atoms with Crippen molar-refractivity contribution >= 4 is 15.9 Å². The Hall–Kier alpha value is -2.26. The topological polar surface area (TPSA) is 97.2 Å². The van der Waals surface area contributed by atoms with E-state index < -0.39 is 15.6 Å². The average Bonchev–Trinajstić information content (AvgIpc) is 3.47. The highest BCUT2D eigenvalue weighted by molar-refractivity contribution is 7.89. The number of nitrogens with zero attached hydrogens (tertiary/aromatic N) is 4. The van der Waals surface area contributed by atoms with Crippen molar-refractivity contribution in [1.29, 1.82) is 0 Å². The van der Waals surface area contributed by atoms with Crippen LogP contribution >= 0.6 is 0 Å². The Kier molecular flexibility index (Phi) is 4.06. The Balaban J connectivity index is 1.36. The van der Waals surface area contributed by atoms with Crippen LogP contribution in [0.5, 0.6) is 0 Å². The number of hydrogen-bond acceptors (Lipinski definition) is 5. The molecule has 0 unspecified atom stereocenters. The van der Waals surface area contributed by atoms with Crippen LogP contribution in [0.3, 0.4) is 0 Å². The molecule has 1 aliphatic carbocycles. The largest absolute Gasteiger partial charge is 0.349 e. The number of amides is 1. The minimum Gasteiger partial charge on any atom is -0.349 e. The van der Waals surface area contributed by atoms with E-state index in [-0.39, 0.29) is 12.5 Å². The van der Waals surface area contributed by atoms with Crippen LogP contribution in [0.4, 0.5) is 0 Å². The molecule has 3 heterocycles. The van der Waals surface area contributed by atoms with Crippen molar-refractivity contribution in [2.45, 2.75) is 55.0 Å². The first-order valence-electron chi connectivity index (χ1n) is 9.75. The molecular formula is C19H23N5O3S. The third-order valence-electron chi connectivity index (χ3n) is 5.96. The Labute approximate surface area is 164 Å². The van der Waals surface area contributed by atoms with Crippen molar-refractivity contribution in [1.82, 2.24) is 24.4 Å². The number of nitrogens with one attached hydrogen (secondary N) is 1. The lowest BCUT2D eigenvalue weighted by Crippen LogP contribution is -2.56. The van der Waals surface area contributed by atoms with Crippen molar-refractivity contribution < 1.29 is 13.2 Å². The summed E-state index contributed by atoms with van der Waals surface area (Å²) in [6.07, 6.45) is 3.96. The first kappa shape index (κ1) is 17.8. The molecule has 148 valence electrons. The first-order chi connectivity index (χ1) is 13.5. The second-order valence-electron chi connectivity index (χ2n) is 8.04. The van der Waals surface area contributed by atoms with Gasteiger partial charge in [-0.25, -0.2) is 18.1 Å². The van der Waals surface area contributed by atoms with E-state index in [0.717, 1.165) is 24.5 Å². The van der Waals surface area contributed by atoms with Crippen molar-refractivity contribution in [3.63, 3.8) is 0 Å². The molecule has 0 radical (unpaired) electrons. The minimum atomic E-state index is -3.51. The quantitative estimate of drug-likeness (QED) is 0.829. The predicted molar refractivity (Wildman–Crippen MR) is 101 cm³/mol. The molecule has 2 fully saturated rings. The molecule has 3 aliphatic rings. The average molecular weight is 401 g/mol. The number of piperidine rings is 1. The normalized spacial score (nSPS) is 22.5. The summed E-state index contributed by atoms with van der Waals surface area (Å²) in [7, 11) is -3.51. The summed E-state index contributed by atoms with van der Waals surface area (Å²) in [6, 6.07) is 8.50. The Morgan fingerprint density at radius 1 is 1.11 bits per heavy atom. The van der Waals surface area contributed by atoms with E-state index in [9.17, 15) is 13.2 Å². The van der Waals surface area contributed by atoms with Gasteiger partial charge in [0, 0.05) is 31.0 Å². The maximum absolute atomic E-state index is 12.9. The molecule has 0 atom stereocenters. The zero-order chi connectivity index (χ0) is 19.4. The fourth-order valence-corrected chi connectivity index (χ4v) is 5.64. The lowest BCUT2D eigenvalue weighted by atomic mass is 9.85. The van der Waals surface area contributed by atoms with Gasteiger partial charge in [-0.15, -0.1) is 0 Å². The minimum absolute atomic E-state index is 0.0784. The number of rotatable bonds is 3. The van der Waals surface area contributed by atoms with Gasteiger partial charge in [-0.3, -0.25) is 4.79 Å². The van der Waals surface area contributed by atoms with Crippen molar-refractivity contribution in [2.24, 2.45) is 0 Å². The van der Waals surface area contributed by atoms with Gasteiger partial charge in [0.15, 0.2) is 5.82 Å². The van der Waals surface area contributed by atoms with E-state index in [1.165, 1.54) is 4.31 Å². The Morgan fingerprint density at radius 3 is 2.50 bits per heavy atom. The molecule has 1 aromatic carbocycles. The van der Waals surface area contributed by atoms with Crippen LogP contribution in [0.2, 0.25) is 0 Å². The Morgan fingerprint density at radius 2 is 1.82 bits per heavy atom. The lowest BCUT2D eigenvalue weighted by Gasteiger charge is -2.40. The van der Waals surface area contributed by atoms with Crippen LogP contribution < -0.4 is 5.32 Å². The van der Waals surface area contributed by atoms with Gasteiger partial charge in [0.25, 0.3) is 0 Å². The van der Waals surface area contributed by atoms with Gasteiger partial charge >= 0.3 is 0 Å². The highest BCUT2D eigenvalue weighted by atomic mass is 32.2. The fourth-order valence-electron chi connectivity index (χ4n) is 4.18. The summed E-state index contributed by atoms with van der Waals surface area (Å²) in [6.45, 7) is 0.936. The molecule has 0 bridgehead atoms. The highest BCUT2D eigenvalue weighted by Gasteiger charge is 2.43. The Bertz CT molecular complexity index is 1010. The van der Waals surface area contributed by atoms with E-state index in [1.807, 2.05) is 0 Å². The van der Waals surface area contributed by atoms with Crippen molar-refractivity contribution in [3.05, 3.63) is 42.0 Å². The predicted octanol–water partition coefficient (Wildman–Crippen LogP) is 1.05. The molecular weight excluding hydrogens is 378 g/mol. The molecule has 1 N–H and O–H groups in total. The number of carbonyl (C=O) groups is 1. The molecule has 8 nitrogen and oxygen atoms in total. The molecule has 5 rings (SSSR count). The van der Waals surface area contributed by atoms with Crippen LogP contribution in [-0.2, 0) is 27.8 Å². The maximum Gasteiger partial charge on any atom is 0.243 e. The fraction of sp³-hybridized carbons (Fsp3) is 0.526. The molecule has 1 saturated carbocycles. The SMILES string of the molecule is O=C1Cn2nc(C3CC3)nc2CC2(CCN(S(=O)(=O)c3ccccc3)CC2)N1. The van der Waals surface area contributed by atoms with Gasteiger partial charge in [-0.05, 0) is 37.8 Å². The van der Waals surface area contributed by atoms with Gasteiger partial charge in [0.05, 0.1) is 4.90 Å². The van der Waals surface area contributed by atoms with Gasteiger partial charge in [-0.2, -0.15) is 9.40 Å². The van der Waals surface area contributed by atoms with Crippen molar-refractivity contribution in [3.8, 4) is 0 Å². The number of aromatic nitrogens is 3. The van der Waals surface area contributed by atoms with Crippen LogP contribution in [0, 0.1) is 0 Å². The third kappa shape index (κ3) is 3.12. The van der Waals surface area contributed by atoms with E-state index in [2.05, 4.69) is 10.4 Å². The van der Waals surface area contributed by atoms with E-state index in [4.69, 9.17) is 4.98 Å². The third-order valence-corrected chi connectivity index (χ3v) is 7.88. The summed E-state index contributed by atoms with van der Waals surface area (Å²) in [4.78, 5) is 17.5. The van der Waals surface area contributed by atoms with E-state index in [0.29, 0.717) is 43.2 Å². The smallest absolute Gasteiger partial charge is 0.243 e. The van der Waals surface area contributed by atoms with Gasteiger partial charge in [-0.1, -0.05) is 18.2 Å². The van der Waals surface area contributed by atoms with Crippen LogP contribution in [0.1, 0.15) is 43.3 Å². The number of carbonyl (C=O) groups excluding carboxylic acids is 1. The maximum atomic E-state index is 12.9. The summed E-state index contributed by atoms with van der Waals surface area (Å²) < 4.78 is 29.0. The molecule has 2 aromatic rings. The number of sulfonamides is 1. The van der Waals surface area contributed by atoms with Crippen molar-refractivity contribution in [2.75, 3.05) is 13.1 Å². The zero-order valence-corrected chi connectivity index (χ0v) is 16.4. The molecule has 28 heavy (non-hydrogen) atoms. The van der Waals surface area contributed by atoms with Gasteiger partial charge in [0.2, 0.25) is 15.9 Å². The second-order valence-corrected chi connectivity index (χ2v) is 9.98.